The molecule has 3 rings (SSSR count). The van der Waals surface area contributed by atoms with Gasteiger partial charge in [0.25, 0.3) is 0 Å². The van der Waals surface area contributed by atoms with E-state index < -0.39 is 11.4 Å². The molecule has 1 atom stereocenters. The van der Waals surface area contributed by atoms with Gasteiger partial charge in [0, 0.05) is 17.5 Å². The van der Waals surface area contributed by atoms with Crippen LogP contribution in [0.2, 0.25) is 5.02 Å². The van der Waals surface area contributed by atoms with E-state index in [0.29, 0.717) is 27.7 Å². The maximum Gasteiger partial charge on any atom is 0.154 e. The number of amidine groups is 1. The zero-order chi connectivity index (χ0) is 18.0. The number of aromatic nitrogens is 1. The lowest BCUT2D eigenvalue weighted by Crippen LogP contribution is -2.29. The van der Waals surface area contributed by atoms with Gasteiger partial charge < -0.3 is 5.73 Å². The van der Waals surface area contributed by atoms with E-state index in [1.54, 1.807) is 12.1 Å². The SMILES string of the molecule is CC1(c2cc(C=C(F)c3ccc(Cl)cn3)ccc2F)CCSC(N)=N1. The molecule has 2 heterocycles. The van der Waals surface area contributed by atoms with Crippen molar-refractivity contribution in [2.45, 2.75) is 18.9 Å². The molecule has 3 nitrogen and oxygen atoms in total. The standard InChI is InChI=1S/C18H16ClF2N3S/c1-18(6-7-25-17(22)24-18)13-8-11(2-4-14(13)20)9-15(21)16-5-3-12(19)10-23-16/h2-5,8-10H,6-7H2,1H3,(H2,22,24). The van der Waals surface area contributed by atoms with Crippen molar-refractivity contribution in [1.82, 2.24) is 4.98 Å². The number of nitrogens with zero attached hydrogens (tertiary/aromatic N) is 2. The predicted octanol–water partition coefficient (Wildman–Crippen LogP) is 5.01. The second-order valence-electron chi connectivity index (χ2n) is 5.92. The van der Waals surface area contributed by atoms with Crippen molar-refractivity contribution < 1.29 is 8.78 Å². The number of thioether (sulfide) groups is 1. The van der Waals surface area contributed by atoms with Crippen LogP contribution in [0, 0.1) is 5.82 Å². The summed E-state index contributed by atoms with van der Waals surface area (Å²) in [5.74, 6) is -0.149. The Morgan fingerprint density at radius 1 is 1.36 bits per heavy atom. The second-order valence-corrected chi connectivity index (χ2v) is 7.47. The molecule has 7 heteroatoms. The van der Waals surface area contributed by atoms with Crippen molar-refractivity contribution in [3.63, 3.8) is 0 Å². The first-order chi connectivity index (χ1) is 11.9. The Kier molecular flexibility index (Phi) is 5.11. The predicted molar refractivity (Wildman–Crippen MR) is 101 cm³/mol. The van der Waals surface area contributed by atoms with Crippen molar-refractivity contribution in [3.05, 3.63) is 64.2 Å². The minimum absolute atomic E-state index is 0.165. The van der Waals surface area contributed by atoms with Gasteiger partial charge in [0.2, 0.25) is 0 Å². The minimum Gasteiger partial charge on any atom is -0.379 e. The van der Waals surface area contributed by atoms with E-state index in [2.05, 4.69) is 9.98 Å². The number of nitrogens with two attached hydrogens (primary N) is 1. The lowest BCUT2D eigenvalue weighted by Gasteiger charge is -2.30. The number of aliphatic imine (C=N–C) groups is 1. The lowest BCUT2D eigenvalue weighted by atomic mass is 9.88. The Morgan fingerprint density at radius 2 is 2.16 bits per heavy atom. The highest BCUT2D eigenvalue weighted by molar-refractivity contribution is 8.13. The molecule has 1 aliphatic rings. The summed E-state index contributed by atoms with van der Waals surface area (Å²) in [6.07, 6.45) is 3.34. The van der Waals surface area contributed by atoms with Gasteiger partial charge in [-0.25, -0.2) is 8.78 Å². The fraction of sp³-hybridized carbons (Fsp3) is 0.222. The highest BCUT2D eigenvalue weighted by Crippen LogP contribution is 2.37. The quantitative estimate of drug-likeness (QED) is 0.815. The molecule has 0 spiro atoms. The molecule has 130 valence electrons. The summed E-state index contributed by atoms with van der Waals surface area (Å²) in [6, 6.07) is 7.50. The first kappa shape index (κ1) is 17.9. The topological polar surface area (TPSA) is 51.3 Å². The molecule has 0 saturated heterocycles. The van der Waals surface area contributed by atoms with Crippen LogP contribution in [0.1, 0.15) is 30.2 Å². The zero-order valence-electron chi connectivity index (χ0n) is 13.5. The highest BCUT2D eigenvalue weighted by Gasteiger charge is 2.32. The summed E-state index contributed by atoms with van der Waals surface area (Å²) in [7, 11) is 0. The van der Waals surface area contributed by atoms with Crippen LogP contribution in [0.5, 0.6) is 0 Å². The van der Waals surface area contributed by atoms with Gasteiger partial charge in [-0.3, -0.25) is 9.98 Å². The number of hydrogen-bond acceptors (Lipinski definition) is 4. The maximum atomic E-state index is 14.4. The van der Waals surface area contributed by atoms with Gasteiger partial charge in [-0.1, -0.05) is 29.4 Å². The van der Waals surface area contributed by atoms with Crippen LogP contribution in [-0.4, -0.2) is 15.9 Å². The molecule has 1 aromatic heterocycles. The first-order valence-corrected chi connectivity index (χ1v) is 9.01. The second kappa shape index (κ2) is 7.14. The molecule has 0 aliphatic carbocycles. The van der Waals surface area contributed by atoms with Crippen LogP contribution in [0.15, 0.2) is 41.5 Å². The van der Waals surface area contributed by atoms with Gasteiger partial charge in [0.1, 0.15) is 11.6 Å². The van der Waals surface area contributed by atoms with E-state index in [0.717, 1.165) is 5.75 Å². The molecule has 0 bridgehead atoms. The third-order valence-corrected chi connectivity index (χ3v) is 5.05. The van der Waals surface area contributed by atoms with Gasteiger partial charge in [-0.2, -0.15) is 0 Å². The van der Waals surface area contributed by atoms with Crippen molar-refractivity contribution in [1.29, 1.82) is 0 Å². The van der Waals surface area contributed by atoms with Gasteiger partial charge in [0.15, 0.2) is 5.17 Å². The summed E-state index contributed by atoms with van der Waals surface area (Å²) < 4.78 is 28.8. The Morgan fingerprint density at radius 3 is 2.84 bits per heavy atom. The van der Waals surface area contributed by atoms with E-state index >= 15 is 0 Å². The minimum atomic E-state index is -0.752. The lowest BCUT2D eigenvalue weighted by molar-refractivity contribution is 0.450. The van der Waals surface area contributed by atoms with E-state index in [-0.39, 0.29) is 11.5 Å². The summed E-state index contributed by atoms with van der Waals surface area (Å²) in [6.45, 7) is 1.84. The zero-order valence-corrected chi connectivity index (χ0v) is 15.0. The van der Waals surface area contributed by atoms with Crippen LogP contribution >= 0.6 is 23.4 Å². The molecule has 1 unspecified atom stereocenters. The van der Waals surface area contributed by atoms with Gasteiger partial charge in [-0.15, -0.1) is 0 Å². The number of hydrogen-bond donors (Lipinski definition) is 1. The Hall–Kier alpha value is -1.92. The van der Waals surface area contributed by atoms with E-state index in [9.17, 15) is 8.78 Å². The van der Waals surface area contributed by atoms with Crippen molar-refractivity contribution in [2.24, 2.45) is 10.7 Å². The normalized spacial score (nSPS) is 21.1. The van der Waals surface area contributed by atoms with Crippen LogP contribution < -0.4 is 5.73 Å². The van der Waals surface area contributed by atoms with E-state index in [1.807, 2.05) is 6.92 Å². The van der Waals surface area contributed by atoms with Crippen molar-refractivity contribution in [2.75, 3.05) is 5.75 Å². The molecule has 0 amide bonds. The Balaban J connectivity index is 1.98. The smallest absolute Gasteiger partial charge is 0.154 e. The fourth-order valence-corrected chi connectivity index (χ4v) is 3.75. The Bertz CT molecular complexity index is 852. The van der Waals surface area contributed by atoms with Crippen LogP contribution in [0.3, 0.4) is 0 Å². The monoisotopic (exact) mass is 379 g/mol. The molecule has 0 radical (unpaired) electrons. The summed E-state index contributed by atoms with van der Waals surface area (Å²) in [5, 5.41) is 0.866. The average Bonchev–Trinajstić information content (AvgIpc) is 2.57. The van der Waals surface area contributed by atoms with Crippen LogP contribution in [0.25, 0.3) is 11.9 Å². The molecular formula is C18H16ClF2N3S. The Labute approximate surface area is 154 Å². The number of rotatable bonds is 3. The van der Waals surface area contributed by atoms with Gasteiger partial charge >= 0.3 is 0 Å². The van der Waals surface area contributed by atoms with Crippen molar-refractivity contribution >= 4 is 40.4 Å². The van der Waals surface area contributed by atoms with Crippen molar-refractivity contribution in [3.8, 4) is 0 Å². The highest BCUT2D eigenvalue weighted by atomic mass is 35.5. The first-order valence-electron chi connectivity index (χ1n) is 7.65. The maximum absolute atomic E-state index is 14.4. The molecule has 1 aromatic carbocycles. The number of halogens is 3. The van der Waals surface area contributed by atoms with Crippen LogP contribution in [-0.2, 0) is 5.54 Å². The molecule has 25 heavy (non-hydrogen) atoms. The molecule has 0 saturated carbocycles. The third kappa shape index (κ3) is 4.02. The summed E-state index contributed by atoms with van der Waals surface area (Å²) in [4.78, 5) is 8.35. The largest absolute Gasteiger partial charge is 0.379 e. The molecular weight excluding hydrogens is 364 g/mol. The third-order valence-electron chi connectivity index (χ3n) is 4.03. The summed E-state index contributed by atoms with van der Waals surface area (Å²) >= 11 is 7.21. The van der Waals surface area contributed by atoms with E-state index in [1.165, 1.54) is 42.2 Å². The fourth-order valence-electron chi connectivity index (χ4n) is 2.66. The number of pyridine rings is 1. The van der Waals surface area contributed by atoms with Gasteiger partial charge in [0.05, 0.1) is 16.3 Å². The van der Waals surface area contributed by atoms with Gasteiger partial charge in [-0.05, 0) is 49.2 Å². The van der Waals surface area contributed by atoms with Crippen LogP contribution in [0.4, 0.5) is 8.78 Å². The summed E-state index contributed by atoms with van der Waals surface area (Å²) in [5.41, 5.74) is 6.15. The molecule has 2 N–H and O–H groups in total. The molecule has 1 aliphatic heterocycles. The molecule has 0 fully saturated rings. The molecule has 2 aromatic rings. The number of benzene rings is 1. The average molecular weight is 380 g/mol. The van der Waals surface area contributed by atoms with E-state index in [4.69, 9.17) is 17.3 Å².